The monoisotopic (exact) mass is 546 g/mol. The van der Waals surface area contributed by atoms with Crippen LogP contribution in [0.3, 0.4) is 0 Å². The van der Waals surface area contributed by atoms with Crippen LogP contribution in [0.1, 0.15) is 56.3 Å². The van der Waals surface area contributed by atoms with E-state index in [0.717, 1.165) is 22.9 Å². The van der Waals surface area contributed by atoms with Crippen LogP contribution < -0.4 is 15.0 Å². The number of carbonyl (C=O) groups is 1. The first kappa shape index (κ1) is 27.3. The van der Waals surface area contributed by atoms with E-state index in [0.29, 0.717) is 36.0 Å². The minimum atomic E-state index is -0.418. The standard InChI is InChI=1S/C29H34N6O5/c1-5-19-7-9-23-21(11-19)13-22(29(37)30-23)15-34(14-20-8-10-24-25(12-20)40-17-39-24)27(18(3)4)28-31-32-33-35(28)16-26(36)38-6-2/h7-13,18,27H,5-6,14-17H2,1-4H3,(H,30,37)/t27-/m1/s1. The first-order valence-corrected chi connectivity index (χ1v) is 13.5. The van der Waals surface area contributed by atoms with Gasteiger partial charge in [0.15, 0.2) is 17.3 Å². The Morgan fingerprint density at radius 2 is 1.88 bits per heavy atom. The molecule has 0 aliphatic carbocycles. The Hall–Kier alpha value is -4.25. The maximum atomic E-state index is 13.3. The molecule has 2 aromatic heterocycles. The van der Waals surface area contributed by atoms with E-state index in [1.54, 1.807) is 6.92 Å². The lowest BCUT2D eigenvalue weighted by atomic mass is 9.99. The molecule has 5 rings (SSSR count). The molecule has 0 saturated heterocycles. The molecule has 0 bridgehead atoms. The summed E-state index contributed by atoms with van der Waals surface area (Å²) in [6.45, 7) is 9.15. The Bertz CT molecular complexity index is 1560. The number of pyridine rings is 1. The second kappa shape index (κ2) is 11.9. The second-order valence-electron chi connectivity index (χ2n) is 10.2. The number of nitrogens with one attached hydrogen (secondary N) is 1. The molecule has 210 valence electrons. The Morgan fingerprint density at radius 1 is 1.07 bits per heavy atom. The molecule has 2 aromatic carbocycles. The average molecular weight is 547 g/mol. The van der Waals surface area contributed by atoms with Crippen molar-refractivity contribution < 1.29 is 19.0 Å². The quantitative estimate of drug-likeness (QED) is 0.280. The lowest BCUT2D eigenvalue weighted by molar-refractivity contribution is -0.144. The number of benzene rings is 2. The summed E-state index contributed by atoms with van der Waals surface area (Å²) in [5.74, 6) is 1.52. The summed E-state index contributed by atoms with van der Waals surface area (Å²) in [7, 11) is 0. The van der Waals surface area contributed by atoms with E-state index >= 15 is 0 Å². The summed E-state index contributed by atoms with van der Waals surface area (Å²) >= 11 is 0. The summed E-state index contributed by atoms with van der Waals surface area (Å²) in [6, 6.07) is 13.5. The van der Waals surface area contributed by atoms with Gasteiger partial charge in [0.25, 0.3) is 5.56 Å². The Labute approximate surface area is 232 Å². The Morgan fingerprint density at radius 3 is 2.65 bits per heavy atom. The summed E-state index contributed by atoms with van der Waals surface area (Å²) < 4.78 is 17.7. The van der Waals surface area contributed by atoms with Gasteiger partial charge in [0.1, 0.15) is 6.54 Å². The lowest BCUT2D eigenvalue weighted by Gasteiger charge is -2.33. The Balaban J connectivity index is 1.55. The van der Waals surface area contributed by atoms with Gasteiger partial charge < -0.3 is 19.2 Å². The minimum Gasteiger partial charge on any atom is -0.465 e. The van der Waals surface area contributed by atoms with Crippen LogP contribution in [0.2, 0.25) is 0 Å². The van der Waals surface area contributed by atoms with Crippen molar-refractivity contribution in [1.29, 1.82) is 0 Å². The van der Waals surface area contributed by atoms with Crippen LogP contribution >= 0.6 is 0 Å². The molecule has 40 heavy (non-hydrogen) atoms. The highest BCUT2D eigenvalue weighted by atomic mass is 16.7. The number of hydrogen-bond acceptors (Lipinski definition) is 9. The van der Waals surface area contributed by atoms with Gasteiger partial charge in [-0.05, 0) is 76.5 Å². The van der Waals surface area contributed by atoms with Gasteiger partial charge in [0.2, 0.25) is 6.79 Å². The molecule has 1 atom stereocenters. The zero-order valence-electron chi connectivity index (χ0n) is 23.2. The van der Waals surface area contributed by atoms with Crippen molar-refractivity contribution in [3.05, 3.63) is 75.3 Å². The molecular weight excluding hydrogens is 512 g/mol. The summed E-state index contributed by atoms with van der Waals surface area (Å²) in [5, 5.41) is 13.3. The molecule has 11 nitrogen and oxygen atoms in total. The topological polar surface area (TPSA) is 124 Å². The fraction of sp³-hybridized carbons (Fsp3) is 0.414. The van der Waals surface area contributed by atoms with Crippen molar-refractivity contribution >= 4 is 16.9 Å². The van der Waals surface area contributed by atoms with Crippen LogP contribution in [-0.4, -0.2) is 49.5 Å². The second-order valence-corrected chi connectivity index (χ2v) is 10.2. The van der Waals surface area contributed by atoms with Gasteiger partial charge in [0, 0.05) is 24.2 Å². The number of hydrogen-bond donors (Lipinski definition) is 1. The molecule has 0 spiro atoms. The molecule has 1 aliphatic rings. The van der Waals surface area contributed by atoms with Crippen molar-refractivity contribution in [2.24, 2.45) is 5.92 Å². The highest BCUT2D eigenvalue weighted by Gasteiger charge is 2.31. The molecular formula is C29H34N6O5. The Kier molecular flexibility index (Phi) is 8.11. The number of H-pyrrole nitrogens is 1. The number of aryl methyl sites for hydroxylation is 1. The smallest absolute Gasteiger partial charge is 0.327 e. The third kappa shape index (κ3) is 5.84. The van der Waals surface area contributed by atoms with Crippen LogP contribution in [0.25, 0.3) is 10.9 Å². The highest BCUT2D eigenvalue weighted by Crippen LogP contribution is 2.35. The maximum Gasteiger partial charge on any atom is 0.327 e. The van der Waals surface area contributed by atoms with Crippen LogP contribution in [0.4, 0.5) is 0 Å². The van der Waals surface area contributed by atoms with Crippen molar-refractivity contribution in [3.63, 3.8) is 0 Å². The maximum absolute atomic E-state index is 13.3. The van der Waals surface area contributed by atoms with Crippen LogP contribution in [0.15, 0.2) is 47.3 Å². The minimum absolute atomic E-state index is 0.0344. The molecule has 1 aliphatic heterocycles. The molecule has 11 heteroatoms. The molecule has 0 unspecified atom stereocenters. The van der Waals surface area contributed by atoms with E-state index in [2.05, 4.69) is 52.2 Å². The van der Waals surface area contributed by atoms with E-state index in [4.69, 9.17) is 14.2 Å². The number of aromatic nitrogens is 5. The zero-order chi connectivity index (χ0) is 28.2. The van der Waals surface area contributed by atoms with Gasteiger partial charge in [-0.1, -0.05) is 32.9 Å². The number of nitrogens with zero attached hydrogens (tertiary/aromatic N) is 5. The van der Waals surface area contributed by atoms with Gasteiger partial charge in [0.05, 0.1) is 12.6 Å². The van der Waals surface area contributed by atoms with E-state index in [9.17, 15) is 9.59 Å². The van der Waals surface area contributed by atoms with Gasteiger partial charge in [-0.25, -0.2) is 4.68 Å². The summed E-state index contributed by atoms with van der Waals surface area (Å²) in [6.07, 6.45) is 0.902. The van der Waals surface area contributed by atoms with Crippen LogP contribution in [0, 0.1) is 5.92 Å². The normalized spacial score (nSPS) is 13.3. The average Bonchev–Trinajstić information content (AvgIpc) is 3.58. The third-order valence-corrected chi connectivity index (χ3v) is 7.02. The first-order chi connectivity index (χ1) is 19.4. The molecule has 1 N–H and O–H groups in total. The summed E-state index contributed by atoms with van der Waals surface area (Å²) in [4.78, 5) is 30.8. The zero-order valence-corrected chi connectivity index (χ0v) is 23.2. The van der Waals surface area contributed by atoms with Gasteiger partial charge in [-0.3, -0.25) is 14.5 Å². The number of rotatable bonds is 11. The number of esters is 1. The fourth-order valence-corrected chi connectivity index (χ4v) is 5.13. The molecule has 0 fully saturated rings. The van der Waals surface area contributed by atoms with E-state index in [1.165, 1.54) is 10.2 Å². The molecule has 3 heterocycles. The van der Waals surface area contributed by atoms with E-state index < -0.39 is 5.97 Å². The van der Waals surface area contributed by atoms with E-state index in [1.807, 2.05) is 36.4 Å². The lowest BCUT2D eigenvalue weighted by Crippen LogP contribution is -2.35. The SMILES string of the molecule is CCOC(=O)Cn1nnnc1[C@@H](C(C)C)N(Cc1ccc2c(c1)OCO2)Cc1cc2cc(CC)ccc2[nH]c1=O. The molecule has 0 radical (unpaired) electrons. The molecule has 4 aromatic rings. The van der Waals surface area contributed by atoms with E-state index in [-0.39, 0.29) is 37.5 Å². The largest absolute Gasteiger partial charge is 0.465 e. The van der Waals surface area contributed by atoms with Crippen molar-refractivity contribution in [3.8, 4) is 11.5 Å². The van der Waals surface area contributed by atoms with Gasteiger partial charge in [-0.15, -0.1) is 5.10 Å². The number of ether oxygens (including phenoxy) is 3. The first-order valence-electron chi connectivity index (χ1n) is 13.5. The van der Waals surface area contributed by atoms with Gasteiger partial charge in [-0.2, -0.15) is 0 Å². The van der Waals surface area contributed by atoms with Crippen molar-refractivity contribution in [2.75, 3.05) is 13.4 Å². The van der Waals surface area contributed by atoms with Crippen molar-refractivity contribution in [1.82, 2.24) is 30.1 Å². The van der Waals surface area contributed by atoms with Gasteiger partial charge >= 0.3 is 5.97 Å². The predicted molar refractivity (Wildman–Crippen MR) is 148 cm³/mol. The van der Waals surface area contributed by atoms with Crippen LogP contribution in [0.5, 0.6) is 11.5 Å². The number of aromatic amines is 1. The number of tetrazole rings is 1. The fourth-order valence-electron chi connectivity index (χ4n) is 5.13. The molecule has 0 amide bonds. The van der Waals surface area contributed by atoms with Crippen molar-refractivity contribution in [2.45, 2.75) is 59.8 Å². The molecule has 0 saturated carbocycles. The number of carbonyl (C=O) groups excluding carboxylic acids is 1. The number of fused-ring (bicyclic) bond motifs is 2. The summed E-state index contributed by atoms with van der Waals surface area (Å²) in [5.41, 5.74) is 3.44. The van der Waals surface area contributed by atoms with Crippen LogP contribution in [-0.2, 0) is 35.6 Å². The predicted octanol–water partition coefficient (Wildman–Crippen LogP) is 3.77. The highest BCUT2D eigenvalue weighted by molar-refractivity contribution is 5.79. The third-order valence-electron chi connectivity index (χ3n) is 7.02.